The van der Waals surface area contributed by atoms with E-state index < -0.39 is 0 Å². The molecule has 1 aliphatic rings. The smallest absolute Gasteiger partial charge is 0.253 e. The third-order valence-corrected chi connectivity index (χ3v) is 7.12. The summed E-state index contributed by atoms with van der Waals surface area (Å²) in [4.78, 5) is 22.4. The number of hydrogen-bond acceptors (Lipinski definition) is 8. The van der Waals surface area contributed by atoms with Crippen LogP contribution in [0.5, 0.6) is 17.2 Å². The van der Waals surface area contributed by atoms with Crippen molar-refractivity contribution in [3.05, 3.63) is 70.5 Å². The number of aromatic nitrogens is 4. The molecule has 4 aromatic rings. The van der Waals surface area contributed by atoms with Crippen LogP contribution in [0.1, 0.15) is 45.1 Å². The highest BCUT2D eigenvalue weighted by atomic mass is 32.2. The van der Waals surface area contributed by atoms with Crippen molar-refractivity contribution in [2.24, 2.45) is 0 Å². The fourth-order valence-corrected chi connectivity index (χ4v) is 5.11. The van der Waals surface area contributed by atoms with Crippen molar-refractivity contribution in [1.29, 1.82) is 0 Å². The number of rotatable bonds is 7. The molecule has 0 saturated carbocycles. The van der Waals surface area contributed by atoms with Gasteiger partial charge in [0.05, 0.1) is 32.6 Å². The van der Waals surface area contributed by atoms with Gasteiger partial charge in [0.2, 0.25) is 10.9 Å². The van der Waals surface area contributed by atoms with Crippen molar-refractivity contribution in [2.45, 2.75) is 36.6 Å². The SMILES string of the molecule is COc1cc([C@H]2CC(=O)c3cn4nc(SCc5ccc(C)cc5)nc4nc3C2)cc(OC)c1OC. The van der Waals surface area contributed by atoms with Gasteiger partial charge in [-0.05, 0) is 42.5 Å². The molecule has 2 aromatic heterocycles. The molecular weight excluding hydrogens is 464 g/mol. The van der Waals surface area contributed by atoms with Gasteiger partial charge in [-0.2, -0.15) is 4.98 Å². The van der Waals surface area contributed by atoms with E-state index in [1.54, 1.807) is 43.8 Å². The van der Waals surface area contributed by atoms with E-state index >= 15 is 0 Å². The first-order valence-electron chi connectivity index (χ1n) is 11.3. The monoisotopic (exact) mass is 490 g/mol. The Labute approximate surface area is 207 Å². The normalized spacial score (nSPS) is 15.2. The summed E-state index contributed by atoms with van der Waals surface area (Å²) in [7, 11) is 4.74. The van der Waals surface area contributed by atoms with Gasteiger partial charge in [-0.15, -0.1) is 5.10 Å². The predicted molar refractivity (Wildman–Crippen MR) is 133 cm³/mol. The summed E-state index contributed by atoms with van der Waals surface area (Å²) in [5.74, 6) is 2.89. The van der Waals surface area contributed by atoms with Crippen molar-refractivity contribution in [3.63, 3.8) is 0 Å². The van der Waals surface area contributed by atoms with Gasteiger partial charge < -0.3 is 14.2 Å². The number of methoxy groups -OCH3 is 3. The van der Waals surface area contributed by atoms with Crippen LogP contribution < -0.4 is 14.2 Å². The largest absolute Gasteiger partial charge is 0.493 e. The van der Waals surface area contributed by atoms with Crippen molar-refractivity contribution in [2.75, 3.05) is 21.3 Å². The first-order valence-corrected chi connectivity index (χ1v) is 12.3. The van der Waals surface area contributed by atoms with E-state index in [9.17, 15) is 4.79 Å². The van der Waals surface area contributed by atoms with E-state index in [1.807, 2.05) is 12.1 Å². The maximum atomic E-state index is 13.1. The first-order chi connectivity index (χ1) is 17.0. The highest BCUT2D eigenvalue weighted by molar-refractivity contribution is 7.98. The van der Waals surface area contributed by atoms with Crippen molar-refractivity contribution < 1.29 is 19.0 Å². The molecule has 8 nitrogen and oxygen atoms in total. The van der Waals surface area contributed by atoms with Gasteiger partial charge in [-0.3, -0.25) is 4.79 Å². The lowest BCUT2D eigenvalue weighted by Gasteiger charge is -2.24. The summed E-state index contributed by atoms with van der Waals surface area (Å²) in [5.41, 5.74) is 4.70. The minimum atomic E-state index is -0.0584. The van der Waals surface area contributed by atoms with Crippen LogP contribution >= 0.6 is 11.8 Å². The fourth-order valence-electron chi connectivity index (χ4n) is 4.33. The Morgan fingerprint density at radius 3 is 2.37 bits per heavy atom. The molecule has 0 N–H and O–H groups in total. The van der Waals surface area contributed by atoms with Crippen LogP contribution in [-0.4, -0.2) is 46.7 Å². The van der Waals surface area contributed by atoms with E-state index in [2.05, 4.69) is 41.3 Å². The number of carbonyl (C=O) groups is 1. The summed E-state index contributed by atoms with van der Waals surface area (Å²) in [5, 5.41) is 5.17. The number of aryl methyl sites for hydroxylation is 1. The van der Waals surface area contributed by atoms with Gasteiger partial charge >= 0.3 is 0 Å². The van der Waals surface area contributed by atoms with E-state index in [4.69, 9.17) is 19.2 Å². The van der Waals surface area contributed by atoms with Crippen LogP contribution in [0.4, 0.5) is 0 Å². The first kappa shape index (κ1) is 23.2. The molecule has 0 spiro atoms. The standard InChI is InChI=1S/C26H26N4O4S/c1-15-5-7-16(8-6-15)14-35-26-28-25-27-20-9-17(10-21(31)19(20)13-30(25)29-26)18-11-22(32-2)24(34-4)23(12-18)33-3/h5-8,11-13,17H,9-10,14H2,1-4H3/t17-/m1/s1. The van der Waals surface area contributed by atoms with Crippen LogP contribution in [0.3, 0.4) is 0 Å². The van der Waals surface area contributed by atoms with Crippen LogP contribution in [0.2, 0.25) is 0 Å². The Morgan fingerprint density at radius 1 is 1.00 bits per heavy atom. The summed E-state index contributed by atoms with van der Waals surface area (Å²) in [6.07, 6.45) is 2.73. The minimum Gasteiger partial charge on any atom is -0.493 e. The van der Waals surface area contributed by atoms with Crippen LogP contribution in [-0.2, 0) is 12.2 Å². The van der Waals surface area contributed by atoms with E-state index in [-0.39, 0.29) is 11.7 Å². The Kier molecular flexibility index (Phi) is 6.34. The second-order valence-electron chi connectivity index (χ2n) is 8.50. The molecule has 0 amide bonds. The Morgan fingerprint density at radius 2 is 1.71 bits per heavy atom. The number of thioether (sulfide) groups is 1. The van der Waals surface area contributed by atoms with Gasteiger partial charge in [0.1, 0.15) is 0 Å². The number of hydrogen-bond donors (Lipinski definition) is 0. The molecule has 0 fully saturated rings. The zero-order valence-electron chi connectivity index (χ0n) is 20.1. The summed E-state index contributed by atoms with van der Waals surface area (Å²) in [6, 6.07) is 12.2. The van der Waals surface area contributed by atoms with Gasteiger partial charge in [0, 0.05) is 18.4 Å². The molecule has 1 aliphatic carbocycles. The van der Waals surface area contributed by atoms with E-state index in [0.717, 1.165) is 17.0 Å². The van der Waals surface area contributed by atoms with Crippen LogP contribution in [0.15, 0.2) is 47.8 Å². The number of benzene rings is 2. The summed E-state index contributed by atoms with van der Waals surface area (Å²) >= 11 is 1.55. The van der Waals surface area contributed by atoms with Gasteiger partial charge in [0.25, 0.3) is 5.78 Å². The highest BCUT2D eigenvalue weighted by Gasteiger charge is 2.30. The maximum Gasteiger partial charge on any atom is 0.253 e. The number of nitrogens with zero attached hydrogens (tertiary/aromatic N) is 4. The number of carbonyl (C=O) groups excluding carboxylic acids is 1. The molecule has 9 heteroatoms. The zero-order chi connectivity index (χ0) is 24.5. The van der Waals surface area contributed by atoms with E-state index in [1.165, 1.54) is 11.1 Å². The molecule has 0 radical (unpaired) electrons. The molecule has 0 bridgehead atoms. The molecule has 2 heterocycles. The third kappa shape index (κ3) is 4.55. The highest BCUT2D eigenvalue weighted by Crippen LogP contribution is 2.42. The third-order valence-electron chi connectivity index (χ3n) is 6.21. The van der Waals surface area contributed by atoms with Gasteiger partial charge in [-0.1, -0.05) is 41.6 Å². The number of ether oxygens (including phenoxy) is 3. The average Bonchev–Trinajstić information content (AvgIpc) is 3.28. The molecule has 2 aromatic carbocycles. The molecular formula is C26H26N4O4S. The Bertz CT molecular complexity index is 1380. The predicted octanol–water partition coefficient (Wildman–Crippen LogP) is 4.66. The Balaban J connectivity index is 1.41. The molecule has 1 atom stereocenters. The number of Topliss-reactive ketones (excluding diaryl/α,β-unsaturated/α-hetero) is 1. The average molecular weight is 491 g/mol. The number of fused-ring (bicyclic) bond motifs is 2. The molecule has 0 unspecified atom stereocenters. The number of ketones is 1. The maximum absolute atomic E-state index is 13.1. The van der Waals surface area contributed by atoms with Crippen LogP contribution in [0, 0.1) is 6.92 Å². The second-order valence-corrected chi connectivity index (χ2v) is 9.44. The Hall–Kier alpha value is -3.59. The second kappa shape index (κ2) is 9.58. The molecule has 180 valence electrons. The fraction of sp³-hybridized carbons (Fsp3) is 0.308. The summed E-state index contributed by atoms with van der Waals surface area (Å²) < 4.78 is 18.0. The topological polar surface area (TPSA) is 87.8 Å². The van der Waals surface area contributed by atoms with E-state index in [0.29, 0.717) is 46.6 Å². The van der Waals surface area contributed by atoms with Crippen molar-refractivity contribution in [3.8, 4) is 17.2 Å². The van der Waals surface area contributed by atoms with Crippen molar-refractivity contribution >= 4 is 23.3 Å². The van der Waals surface area contributed by atoms with Gasteiger partial charge in [0.15, 0.2) is 17.3 Å². The molecule has 5 rings (SSSR count). The molecule has 35 heavy (non-hydrogen) atoms. The minimum absolute atomic E-state index is 0.0313. The lowest BCUT2D eigenvalue weighted by atomic mass is 9.82. The quantitative estimate of drug-likeness (QED) is 0.346. The lowest BCUT2D eigenvalue weighted by Crippen LogP contribution is -2.21. The zero-order valence-corrected chi connectivity index (χ0v) is 20.9. The van der Waals surface area contributed by atoms with Gasteiger partial charge in [-0.25, -0.2) is 9.50 Å². The summed E-state index contributed by atoms with van der Waals surface area (Å²) in [6.45, 7) is 2.07. The lowest BCUT2D eigenvalue weighted by molar-refractivity contribution is 0.0962. The van der Waals surface area contributed by atoms with Crippen molar-refractivity contribution in [1.82, 2.24) is 19.6 Å². The molecule has 0 aliphatic heterocycles. The van der Waals surface area contributed by atoms with Crippen LogP contribution in [0.25, 0.3) is 5.78 Å². The molecule has 0 saturated heterocycles.